The largest absolute Gasteiger partial charge is 0.339 e. The Hall–Kier alpha value is -2.67. The topological polar surface area (TPSA) is 84.2 Å². The Labute approximate surface area is 156 Å². The molecule has 3 rings (SSSR count). The molecule has 0 bridgehead atoms. The summed E-state index contributed by atoms with van der Waals surface area (Å²) in [4.78, 5) is 22.6. The summed E-state index contributed by atoms with van der Waals surface area (Å²) in [5.74, 6) is 1.38. The fourth-order valence-corrected chi connectivity index (χ4v) is 2.64. The highest BCUT2D eigenvalue weighted by Gasteiger charge is 2.14. The molecule has 1 aromatic carbocycles. The van der Waals surface area contributed by atoms with Gasteiger partial charge in [-0.2, -0.15) is 4.98 Å². The number of anilines is 1. The lowest BCUT2D eigenvalue weighted by atomic mass is 10.2. The molecular formula is C18H20ClN5O2. The summed E-state index contributed by atoms with van der Waals surface area (Å²) in [5, 5.41) is 8.17. The van der Waals surface area contributed by atoms with E-state index in [-0.39, 0.29) is 11.9 Å². The van der Waals surface area contributed by atoms with Crippen LogP contribution < -0.4 is 5.32 Å². The molecule has 3 aromatic rings. The maximum absolute atomic E-state index is 12.5. The number of amides is 2. The van der Waals surface area contributed by atoms with Crippen molar-refractivity contribution in [1.29, 1.82) is 0 Å². The average molecular weight is 374 g/mol. The van der Waals surface area contributed by atoms with Crippen LogP contribution in [0.5, 0.6) is 0 Å². The van der Waals surface area contributed by atoms with Crippen molar-refractivity contribution in [3.63, 3.8) is 0 Å². The van der Waals surface area contributed by atoms with Crippen molar-refractivity contribution in [2.75, 3.05) is 18.9 Å². The van der Waals surface area contributed by atoms with E-state index in [1.165, 1.54) is 0 Å². The van der Waals surface area contributed by atoms with Gasteiger partial charge in [-0.3, -0.25) is 4.98 Å². The zero-order chi connectivity index (χ0) is 18.7. The number of rotatable bonds is 5. The van der Waals surface area contributed by atoms with Crippen molar-refractivity contribution < 1.29 is 9.32 Å². The van der Waals surface area contributed by atoms with Crippen molar-refractivity contribution in [2.24, 2.45) is 0 Å². The molecule has 26 heavy (non-hydrogen) atoms. The molecule has 8 heteroatoms. The van der Waals surface area contributed by atoms with Crippen molar-refractivity contribution in [3.8, 4) is 0 Å². The van der Waals surface area contributed by atoms with E-state index in [0.29, 0.717) is 40.9 Å². The van der Waals surface area contributed by atoms with E-state index in [1.54, 1.807) is 36.3 Å². The van der Waals surface area contributed by atoms with Crippen LogP contribution in [-0.4, -0.2) is 39.6 Å². The molecule has 7 nitrogen and oxygen atoms in total. The van der Waals surface area contributed by atoms with E-state index in [4.69, 9.17) is 16.1 Å². The number of hydrogen-bond acceptors (Lipinski definition) is 5. The lowest BCUT2D eigenvalue weighted by Crippen LogP contribution is -2.33. The van der Waals surface area contributed by atoms with Crippen LogP contribution in [-0.2, 0) is 6.42 Å². The molecule has 0 saturated carbocycles. The monoisotopic (exact) mass is 373 g/mol. The highest BCUT2D eigenvalue weighted by molar-refractivity contribution is 6.35. The van der Waals surface area contributed by atoms with E-state index >= 15 is 0 Å². The molecule has 0 unspecified atom stereocenters. The summed E-state index contributed by atoms with van der Waals surface area (Å²) in [6, 6.07) is 6.94. The van der Waals surface area contributed by atoms with Crippen LogP contribution in [0.3, 0.4) is 0 Å². The SMILES string of the molecule is CC(C)c1nc(CCN(C)C(=O)Nc2ccc(Cl)c3ncccc23)no1. The Balaban J connectivity index is 1.65. The normalized spacial score (nSPS) is 11.1. The molecule has 0 saturated heterocycles. The van der Waals surface area contributed by atoms with Gasteiger partial charge in [0.1, 0.15) is 0 Å². The zero-order valence-corrected chi connectivity index (χ0v) is 15.6. The number of urea groups is 1. The summed E-state index contributed by atoms with van der Waals surface area (Å²) in [6.07, 6.45) is 2.19. The number of likely N-dealkylation sites (N-methyl/N-ethyl adjacent to an activating group) is 1. The summed E-state index contributed by atoms with van der Waals surface area (Å²) in [6.45, 7) is 4.44. The summed E-state index contributed by atoms with van der Waals surface area (Å²) in [5.41, 5.74) is 1.32. The number of nitrogens with zero attached hydrogens (tertiary/aromatic N) is 4. The van der Waals surface area contributed by atoms with Gasteiger partial charge in [0.25, 0.3) is 0 Å². The quantitative estimate of drug-likeness (QED) is 0.727. The molecule has 2 aromatic heterocycles. The van der Waals surface area contributed by atoms with Crippen LogP contribution in [0.4, 0.5) is 10.5 Å². The Morgan fingerprint density at radius 1 is 1.35 bits per heavy atom. The second-order valence-corrected chi connectivity index (χ2v) is 6.71. The standard InChI is InChI=1S/C18H20ClN5O2/c1-11(2)17-22-15(23-26-17)8-10-24(3)18(25)21-14-7-6-13(19)16-12(14)5-4-9-20-16/h4-7,9,11H,8,10H2,1-3H3,(H,21,25). The number of nitrogens with one attached hydrogen (secondary N) is 1. The summed E-state index contributed by atoms with van der Waals surface area (Å²) < 4.78 is 5.17. The lowest BCUT2D eigenvalue weighted by Gasteiger charge is -2.18. The lowest BCUT2D eigenvalue weighted by molar-refractivity contribution is 0.222. The minimum Gasteiger partial charge on any atom is -0.339 e. The van der Waals surface area contributed by atoms with Gasteiger partial charge in [-0.05, 0) is 24.3 Å². The molecule has 0 fully saturated rings. The molecule has 0 aliphatic heterocycles. The van der Waals surface area contributed by atoms with Gasteiger partial charge in [-0.15, -0.1) is 0 Å². The van der Waals surface area contributed by atoms with Gasteiger partial charge in [0.05, 0.1) is 16.2 Å². The number of carbonyl (C=O) groups excluding carboxylic acids is 1. The Kier molecular flexibility index (Phi) is 5.37. The molecule has 2 heterocycles. The van der Waals surface area contributed by atoms with Crippen LogP contribution in [0.25, 0.3) is 10.9 Å². The van der Waals surface area contributed by atoms with Crippen LogP contribution in [0.15, 0.2) is 35.0 Å². The van der Waals surface area contributed by atoms with Crippen LogP contribution in [0, 0.1) is 0 Å². The number of fused-ring (bicyclic) bond motifs is 1. The van der Waals surface area contributed by atoms with Gasteiger partial charge >= 0.3 is 6.03 Å². The molecule has 0 aliphatic carbocycles. The third-order valence-corrected chi connectivity index (χ3v) is 4.26. The van der Waals surface area contributed by atoms with Crippen LogP contribution in [0.2, 0.25) is 5.02 Å². The number of pyridine rings is 1. The number of aromatic nitrogens is 3. The number of halogens is 1. The molecule has 1 N–H and O–H groups in total. The molecule has 136 valence electrons. The molecular weight excluding hydrogens is 354 g/mol. The van der Waals surface area contributed by atoms with E-state index < -0.39 is 0 Å². The van der Waals surface area contributed by atoms with Gasteiger partial charge < -0.3 is 14.7 Å². The van der Waals surface area contributed by atoms with Crippen molar-refractivity contribution in [1.82, 2.24) is 20.0 Å². The second kappa shape index (κ2) is 7.70. The Morgan fingerprint density at radius 2 is 2.15 bits per heavy atom. The van der Waals surface area contributed by atoms with Crippen molar-refractivity contribution in [2.45, 2.75) is 26.2 Å². The summed E-state index contributed by atoms with van der Waals surface area (Å²) in [7, 11) is 1.72. The highest BCUT2D eigenvalue weighted by Crippen LogP contribution is 2.28. The number of hydrogen-bond donors (Lipinski definition) is 1. The van der Waals surface area contributed by atoms with Crippen LogP contribution >= 0.6 is 11.6 Å². The van der Waals surface area contributed by atoms with Gasteiger partial charge in [-0.25, -0.2) is 4.79 Å². The molecule has 0 aliphatic rings. The van der Waals surface area contributed by atoms with Gasteiger partial charge in [0.15, 0.2) is 5.82 Å². The predicted octanol–water partition coefficient (Wildman–Crippen LogP) is 4.10. The van der Waals surface area contributed by atoms with E-state index in [9.17, 15) is 4.79 Å². The van der Waals surface area contributed by atoms with Crippen molar-refractivity contribution in [3.05, 3.63) is 47.2 Å². The Bertz CT molecular complexity index is 925. The van der Waals surface area contributed by atoms with Gasteiger partial charge in [-0.1, -0.05) is 30.6 Å². The third kappa shape index (κ3) is 3.94. The highest BCUT2D eigenvalue weighted by atomic mass is 35.5. The first-order valence-corrected chi connectivity index (χ1v) is 8.71. The van der Waals surface area contributed by atoms with E-state index in [0.717, 1.165) is 5.39 Å². The molecule has 0 radical (unpaired) electrons. The fraction of sp³-hybridized carbons (Fsp3) is 0.333. The van der Waals surface area contributed by atoms with Crippen molar-refractivity contribution >= 4 is 34.2 Å². The smallest absolute Gasteiger partial charge is 0.321 e. The van der Waals surface area contributed by atoms with Gasteiger partial charge in [0.2, 0.25) is 5.89 Å². The van der Waals surface area contributed by atoms with Gasteiger partial charge in [0, 0.05) is 37.5 Å². The first kappa shape index (κ1) is 18.1. The maximum atomic E-state index is 12.5. The first-order valence-electron chi connectivity index (χ1n) is 8.33. The average Bonchev–Trinajstić information content (AvgIpc) is 3.11. The fourth-order valence-electron chi connectivity index (χ4n) is 2.43. The van der Waals surface area contributed by atoms with Crippen LogP contribution in [0.1, 0.15) is 31.5 Å². The molecule has 2 amide bonds. The first-order chi connectivity index (χ1) is 12.5. The van der Waals surface area contributed by atoms with E-state index in [1.807, 2.05) is 19.9 Å². The minimum atomic E-state index is -0.231. The number of benzene rings is 1. The summed E-state index contributed by atoms with van der Waals surface area (Å²) >= 11 is 6.16. The predicted molar refractivity (Wildman–Crippen MR) is 100 cm³/mol. The van der Waals surface area contributed by atoms with E-state index in [2.05, 4.69) is 20.4 Å². The third-order valence-electron chi connectivity index (χ3n) is 3.96. The zero-order valence-electron chi connectivity index (χ0n) is 14.9. The minimum absolute atomic E-state index is 0.184. The maximum Gasteiger partial charge on any atom is 0.321 e. The molecule has 0 spiro atoms. The molecule has 0 atom stereocenters. The second-order valence-electron chi connectivity index (χ2n) is 6.30. The Morgan fingerprint density at radius 3 is 2.88 bits per heavy atom. The number of carbonyl (C=O) groups is 1.